The van der Waals surface area contributed by atoms with Gasteiger partial charge in [0.05, 0.1) is 25.7 Å². The minimum Gasteiger partial charge on any atom is -0.467 e. The smallest absolute Gasteiger partial charge is 0.333 e. The molecule has 7 nitrogen and oxygen atoms in total. The zero-order valence-corrected chi connectivity index (χ0v) is 16.3. The van der Waals surface area contributed by atoms with Gasteiger partial charge >= 0.3 is 5.69 Å². The third-order valence-corrected chi connectivity index (χ3v) is 5.18. The normalized spacial score (nSPS) is 11.3. The molecule has 4 rings (SSSR count). The largest absolute Gasteiger partial charge is 0.467 e. The van der Waals surface area contributed by atoms with E-state index in [2.05, 4.69) is 4.98 Å². The first-order valence-electron chi connectivity index (χ1n) is 8.92. The lowest BCUT2D eigenvalue weighted by atomic mass is 10.2. The number of furan rings is 1. The highest BCUT2D eigenvalue weighted by molar-refractivity contribution is 7.98. The van der Waals surface area contributed by atoms with E-state index in [4.69, 9.17) is 4.42 Å². The molecule has 3 aromatic heterocycles. The third-order valence-electron chi connectivity index (χ3n) is 4.59. The fraction of sp³-hybridized carbons (Fsp3) is 0.250. The molecular weight excluding hydrogens is 376 g/mol. The number of fused-ring (bicyclic) bond motifs is 1. The van der Waals surface area contributed by atoms with E-state index in [-0.39, 0.29) is 11.2 Å². The van der Waals surface area contributed by atoms with Gasteiger partial charge in [0.25, 0.3) is 5.56 Å². The second-order valence-electron chi connectivity index (χ2n) is 6.43. The molecule has 0 aliphatic heterocycles. The monoisotopic (exact) mass is 396 g/mol. The maximum Gasteiger partial charge on any atom is 0.333 e. The van der Waals surface area contributed by atoms with E-state index in [0.717, 1.165) is 11.3 Å². The third kappa shape index (κ3) is 3.43. The van der Waals surface area contributed by atoms with Crippen LogP contribution in [0.4, 0.5) is 0 Å². The summed E-state index contributed by atoms with van der Waals surface area (Å²) in [6, 6.07) is 13.3. The van der Waals surface area contributed by atoms with Crippen molar-refractivity contribution in [2.24, 2.45) is 0 Å². The molecule has 4 aromatic rings. The predicted octanol–water partition coefficient (Wildman–Crippen LogP) is 2.41. The Morgan fingerprint density at radius 2 is 1.86 bits per heavy atom. The Labute approximate surface area is 165 Å². The molecule has 3 heterocycles. The van der Waals surface area contributed by atoms with Crippen LogP contribution in [0.3, 0.4) is 0 Å². The Bertz CT molecular complexity index is 1190. The van der Waals surface area contributed by atoms with E-state index < -0.39 is 0 Å². The number of aromatic nitrogens is 4. The van der Waals surface area contributed by atoms with Gasteiger partial charge in [-0.2, -0.15) is 11.8 Å². The highest BCUT2D eigenvalue weighted by atomic mass is 32.2. The fourth-order valence-corrected chi connectivity index (χ4v) is 3.58. The summed E-state index contributed by atoms with van der Waals surface area (Å²) in [6.45, 7) is 1.09. The Kier molecular flexibility index (Phi) is 5.21. The van der Waals surface area contributed by atoms with E-state index in [1.807, 2.05) is 42.7 Å². The molecule has 0 spiro atoms. The van der Waals surface area contributed by atoms with Gasteiger partial charge < -0.3 is 8.98 Å². The summed E-state index contributed by atoms with van der Waals surface area (Å²) in [4.78, 5) is 30.6. The van der Waals surface area contributed by atoms with Crippen molar-refractivity contribution in [3.63, 3.8) is 0 Å². The van der Waals surface area contributed by atoms with Crippen LogP contribution in [0.5, 0.6) is 0 Å². The zero-order chi connectivity index (χ0) is 19.5. The SMILES string of the molecule is CSCCn1c(=O)c2c(ncn2Cc2ccco2)n(Cc2ccccc2)c1=O. The van der Waals surface area contributed by atoms with Crippen molar-refractivity contribution in [2.75, 3.05) is 12.0 Å². The van der Waals surface area contributed by atoms with Crippen molar-refractivity contribution >= 4 is 22.9 Å². The Balaban J connectivity index is 1.90. The van der Waals surface area contributed by atoms with Crippen molar-refractivity contribution in [3.8, 4) is 0 Å². The standard InChI is InChI=1S/C20H20N4O3S/c1-28-11-9-23-19(25)17-18(21-14-22(17)13-16-8-5-10-27-16)24(20(23)26)12-15-6-3-2-4-7-15/h2-8,10,14H,9,11-13H2,1H3. The van der Waals surface area contributed by atoms with Crippen molar-refractivity contribution in [2.45, 2.75) is 19.6 Å². The lowest BCUT2D eigenvalue weighted by Gasteiger charge is -2.12. The minimum absolute atomic E-state index is 0.317. The van der Waals surface area contributed by atoms with Gasteiger partial charge in [0.15, 0.2) is 11.2 Å². The van der Waals surface area contributed by atoms with E-state index in [0.29, 0.717) is 36.6 Å². The molecule has 0 aliphatic carbocycles. The summed E-state index contributed by atoms with van der Waals surface area (Å²) in [5.74, 6) is 1.40. The summed E-state index contributed by atoms with van der Waals surface area (Å²) in [5, 5.41) is 0. The fourth-order valence-electron chi connectivity index (χ4n) is 3.22. The highest BCUT2D eigenvalue weighted by Crippen LogP contribution is 2.12. The molecule has 0 N–H and O–H groups in total. The first-order valence-corrected chi connectivity index (χ1v) is 10.3. The molecule has 0 amide bonds. The average molecular weight is 396 g/mol. The summed E-state index contributed by atoms with van der Waals surface area (Å²) < 4.78 is 10.0. The first kappa shape index (κ1) is 18.4. The molecule has 0 radical (unpaired) electrons. The van der Waals surface area contributed by atoms with Crippen molar-refractivity contribution in [1.82, 2.24) is 18.7 Å². The molecule has 0 bridgehead atoms. The number of imidazole rings is 1. The number of rotatable bonds is 7. The molecule has 0 aliphatic rings. The molecule has 8 heteroatoms. The van der Waals surface area contributed by atoms with Crippen LogP contribution in [-0.4, -0.2) is 30.7 Å². The van der Waals surface area contributed by atoms with Crippen LogP contribution in [0.1, 0.15) is 11.3 Å². The summed E-state index contributed by atoms with van der Waals surface area (Å²) >= 11 is 1.59. The van der Waals surface area contributed by atoms with Crippen molar-refractivity contribution in [1.29, 1.82) is 0 Å². The van der Waals surface area contributed by atoms with Crippen LogP contribution >= 0.6 is 11.8 Å². The Hall–Kier alpha value is -3.00. The molecule has 1 aromatic carbocycles. The van der Waals surface area contributed by atoms with Crippen LogP contribution < -0.4 is 11.2 Å². The van der Waals surface area contributed by atoms with Crippen molar-refractivity contribution < 1.29 is 4.42 Å². The van der Waals surface area contributed by atoms with Crippen LogP contribution in [0.15, 0.2) is 69.1 Å². The predicted molar refractivity (Wildman–Crippen MR) is 110 cm³/mol. The molecule has 144 valence electrons. The maximum absolute atomic E-state index is 13.1. The molecule has 0 atom stereocenters. The number of hydrogen-bond acceptors (Lipinski definition) is 5. The van der Waals surface area contributed by atoms with Gasteiger partial charge in [-0.25, -0.2) is 9.78 Å². The van der Waals surface area contributed by atoms with Crippen molar-refractivity contribution in [3.05, 3.63) is 87.2 Å². The first-order chi connectivity index (χ1) is 13.7. The van der Waals surface area contributed by atoms with E-state index in [1.54, 1.807) is 39.6 Å². The summed E-state index contributed by atoms with van der Waals surface area (Å²) in [6.07, 6.45) is 5.14. The molecule has 0 saturated carbocycles. The molecule has 0 unspecified atom stereocenters. The van der Waals surface area contributed by atoms with Crippen LogP contribution in [0, 0.1) is 0 Å². The second kappa shape index (κ2) is 7.93. The second-order valence-corrected chi connectivity index (χ2v) is 7.41. The molecule has 0 fully saturated rings. The van der Waals surface area contributed by atoms with Gasteiger partial charge in [-0.15, -0.1) is 0 Å². The zero-order valence-electron chi connectivity index (χ0n) is 15.4. The van der Waals surface area contributed by atoms with Gasteiger partial charge in [-0.3, -0.25) is 13.9 Å². The molecule has 0 saturated heterocycles. The quantitative estimate of drug-likeness (QED) is 0.480. The van der Waals surface area contributed by atoms with Crippen LogP contribution in [0.25, 0.3) is 11.2 Å². The lowest BCUT2D eigenvalue weighted by Crippen LogP contribution is -2.41. The Morgan fingerprint density at radius 1 is 1.04 bits per heavy atom. The summed E-state index contributed by atoms with van der Waals surface area (Å²) in [5.41, 5.74) is 1.13. The van der Waals surface area contributed by atoms with Crippen LogP contribution in [-0.2, 0) is 19.6 Å². The van der Waals surface area contributed by atoms with Gasteiger partial charge in [0.2, 0.25) is 0 Å². The topological polar surface area (TPSA) is 75.0 Å². The molecular formula is C20H20N4O3S. The van der Waals surface area contributed by atoms with E-state index in [9.17, 15) is 9.59 Å². The highest BCUT2D eigenvalue weighted by Gasteiger charge is 2.18. The molecule has 28 heavy (non-hydrogen) atoms. The summed E-state index contributed by atoms with van der Waals surface area (Å²) in [7, 11) is 0. The number of hydrogen-bond donors (Lipinski definition) is 0. The maximum atomic E-state index is 13.1. The van der Waals surface area contributed by atoms with Gasteiger partial charge in [0, 0.05) is 12.3 Å². The van der Waals surface area contributed by atoms with Gasteiger partial charge in [-0.05, 0) is 24.0 Å². The minimum atomic E-state index is -0.335. The van der Waals surface area contributed by atoms with Gasteiger partial charge in [0.1, 0.15) is 5.76 Å². The van der Waals surface area contributed by atoms with Gasteiger partial charge in [-0.1, -0.05) is 30.3 Å². The van der Waals surface area contributed by atoms with E-state index >= 15 is 0 Å². The van der Waals surface area contributed by atoms with Crippen LogP contribution in [0.2, 0.25) is 0 Å². The number of nitrogens with zero attached hydrogens (tertiary/aromatic N) is 4. The lowest BCUT2D eigenvalue weighted by molar-refractivity contribution is 0.495. The number of thioether (sulfide) groups is 1. The Morgan fingerprint density at radius 3 is 2.57 bits per heavy atom. The van der Waals surface area contributed by atoms with E-state index in [1.165, 1.54) is 4.57 Å². The number of benzene rings is 1. The average Bonchev–Trinajstić information content (AvgIpc) is 3.36.